The molecular weight excluding hydrogens is 294 g/mol. The lowest BCUT2D eigenvalue weighted by Crippen LogP contribution is -2.32. The van der Waals surface area contributed by atoms with Crippen molar-refractivity contribution in [3.8, 4) is 0 Å². The first-order chi connectivity index (χ1) is 11.2. The maximum atomic E-state index is 11.6. The largest absolute Gasteiger partial charge is 0.379 e. The van der Waals surface area contributed by atoms with Crippen LogP contribution in [0.4, 0.5) is 11.8 Å². The summed E-state index contributed by atoms with van der Waals surface area (Å²) in [6.07, 6.45) is 9.56. The highest BCUT2D eigenvalue weighted by Crippen LogP contribution is 2.22. The molecule has 0 radical (unpaired) electrons. The van der Waals surface area contributed by atoms with Gasteiger partial charge in [-0.3, -0.25) is 4.79 Å². The van der Waals surface area contributed by atoms with Gasteiger partial charge >= 0.3 is 0 Å². The molecule has 4 N–H and O–H groups in total. The summed E-state index contributed by atoms with van der Waals surface area (Å²) < 4.78 is 5.47. The summed E-state index contributed by atoms with van der Waals surface area (Å²) in [5.74, 6) is 0.538. The summed E-state index contributed by atoms with van der Waals surface area (Å²) in [5, 5.41) is 6.67. The van der Waals surface area contributed by atoms with Crippen molar-refractivity contribution in [2.24, 2.45) is 5.73 Å². The van der Waals surface area contributed by atoms with Gasteiger partial charge < -0.3 is 21.1 Å². The summed E-state index contributed by atoms with van der Waals surface area (Å²) >= 11 is 0. The maximum absolute atomic E-state index is 11.6. The SMILES string of the molecule is NC(=O)c1cnc(NC2CCCCC2)nc1N[C@@H]1CCCOC1. The van der Waals surface area contributed by atoms with Crippen LogP contribution in [0.5, 0.6) is 0 Å². The molecule has 1 aromatic rings. The van der Waals surface area contributed by atoms with Crippen LogP contribution in [-0.2, 0) is 4.74 Å². The molecule has 2 heterocycles. The fraction of sp³-hybridized carbons (Fsp3) is 0.688. The molecular formula is C16H25N5O2. The number of nitrogens with zero attached hydrogens (tertiary/aromatic N) is 2. The number of anilines is 2. The Morgan fingerprint density at radius 3 is 2.61 bits per heavy atom. The van der Waals surface area contributed by atoms with E-state index in [-0.39, 0.29) is 6.04 Å². The third-order valence-corrected chi connectivity index (χ3v) is 4.49. The van der Waals surface area contributed by atoms with Crippen molar-refractivity contribution in [1.82, 2.24) is 9.97 Å². The third kappa shape index (κ3) is 4.31. The van der Waals surface area contributed by atoms with Gasteiger partial charge in [0.2, 0.25) is 5.95 Å². The minimum Gasteiger partial charge on any atom is -0.379 e. The smallest absolute Gasteiger partial charge is 0.254 e. The van der Waals surface area contributed by atoms with Gasteiger partial charge in [-0.05, 0) is 25.7 Å². The number of hydrogen-bond acceptors (Lipinski definition) is 6. The third-order valence-electron chi connectivity index (χ3n) is 4.49. The lowest BCUT2D eigenvalue weighted by Gasteiger charge is -2.25. The molecule has 7 heteroatoms. The summed E-state index contributed by atoms with van der Waals surface area (Å²) in [4.78, 5) is 20.4. The van der Waals surface area contributed by atoms with Crippen LogP contribution in [0.25, 0.3) is 0 Å². The lowest BCUT2D eigenvalue weighted by molar-refractivity contribution is 0.0873. The van der Waals surface area contributed by atoms with Gasteiger partial charge in [0, 0.05) is 18.8 Å². The first kappa shape index (κ1) is 16.0. The Labute approximate surface area is 136 Å². The molecule has 23 heavy (non-hydrogen) atoms. The van der Waals surface area contributed by atoms with Gasteiger partial charge in [0.25, 0.3) is 5.91 Å². The van der Waals surface area contributed by atoms with E-state index in [2.05, 4.69) is 20.6 Å². The van der Waals surface area contributed by atoms with E-state index in [1.54, 1.807) is 0 Å². The lowest BCUT2D eigenvalue weighted by atomic mass is 9.96. The number of aromatic nitrogens is 2. The first-order valence-electron chi connectivity index (χ1n) is 8.50. The molecule has 2 fully saturated rings. The number of amides is 1. The summed E-state index contributed by atoms with van der Waals surface area (Å²) in [6, 6.07) is 0.563. The molecule has 1 aliphatic carbocycles. The standard InChI is InChI=1S/C16H25N5O2/c17-14(22)13-9-18-16(20-11-5-2-1-3-6-11)21-15(13)19-12-7-4-8-23-10-12/h9,11-12H,1-8,10H2,(H2,17,22)(H2,18,19,20,21)/t12-/m1/s1. The molecule has 1 saturated carbocycles. The Morgan fingerprint density at radius 2 is 1.91 bits per heavy atom. The summed E-state index contributed by atoms with van der Waals surface area (Å²) in [7, 11) is 0. The van der Waals surface area contributed by atoms with Crippen molar-refractivity contribution in [3.05, 3.63) is 11.8 Å². The van der Waals surface area contributed by atoms with Gasteiger partial charge in [-0.25, -0.2) is 4.98 Å². The van der Waals surface area contributed by atoms with Gasteiger partial charge in [-0.2, -0.15) is 4.98 Å². The summed E-state index contributed by atoms with van der Waals surface area (Å²) in [5.41, 5.74) is 5.77. The average molecular weight is 319 g/mol. The Kier molecular flexibility index (Phi) is 5.27. The van der Waals surface area contributed by atoms with Crippen molar-refractivity contribution >= 4 is 17.7 Å². The highest BCUT2D eigenvalue weighted by Gasteiger charge is 2.20. The predicted octanol–water partition coefficient (Wildman–Crippen LogP) is 1.91. The van der Waals surface area contributed by atoms with E-state index in [0.717, 1.165) is 32.3 Å². The zero-order valence-corrected chi connectivity index (χ0v) is 13.4. The second kappa shape index (κ2) is 7.59. The zero-order valence-electron chi connectivity index (χ0n) is 13.4. The molecule has 0 bridgehead atoms. The van der Waals surface area contributed by atoms with Crippen LogP contribution >= 0.6 is 0 Å². The van der Waals surface area contributed by atoms with Crippen LogP contribution in [0.2, 0.25) is 0 Å². The number of carbonyl (C=O) groups is 1. The molecule has 0 unspecified atom stereocenters. The molecule has 126 valence electrons. The Morgan fingerprint density at radius 1 is 1.13 bits per heavy atom. The number of nitrogens with two attached hydrogens (primary N) is 1. The van der Waals surface area contributed by atoms with E-state index in [1.165, 1.54) is 25.5 Å². The van der Waals surface area contributed by atoms with E-state index in [9.17, 15) is 4.79 Å². The zero-order chi connectivity index (χ0) is 16.1. The van der Waals surface area contributed by atoms with Crippen molar-refractivity contribution in [2.75, 3.05) is 23.8 Å². The van der Waals surface area contributed by atoms with E-state index < -0.39 is 5.91 Å². The van der Waals surface area contributed by atoms with Crippen LogP contribution < -0.4 is 16.4 Å². The molecule has 0 spiro atoms. The van der Waals surface area contributed by atoms with Crippen molar-refractivity contribution in [3.63, 3.8) is 0 Å². The van der Waals surface area contributed by atoms with Crippen LogP contribution in [0.15, 0.2) is 6.20 Å². The van der Waals surface area contributed by atoms with Crippen LogP contribution in [-0.4, -0.2) is 41.2 Å². The second-order valence-electron chi connectivity index (χ2n) is 6.36. The number of hydrogen-bond donors (Lipinski definition) is 3. The molecule has 1 saturated heterocycles. The normalized spacial score (nSPS) is 22.5. The molecule has 0 aromatic carbocycles. The van der Waals surface area contributed by atoms with Crippen molar-refractivity contribution < 1.29 is 9.53 Å². The van der Waals surface area contributed by atoms with Crippen LogP contribution in [0, 0.1) is 0 Å². The van der Waals surface area contributed by atoms with Crippen molar-refractivity contribution in [1.29, 1.82) is 0 Å². The van der Waals surface area contributed by atoms with E-state index in [4.69, 9.17) is 10.5 Å². The summed E-state index contributed by atoms with van der Waals surface area (Å²) in [6.45, 7) is 1.41. The maximum Gasteiger partial charge on any atom is 0.254 e. The quantitative estimate of drug-likeness (QED) is 0.766. The number of nitrogens with one attached hydrogen (secondary N) is 2. The Balaban J connectivity index is 1.73. The van der Waals surface area contributed by atoms with Gasteiger partial charge in [0.15, 0.2) is 0 Å². The van der Waals surface area contributed by atoms with E-state index in [0.29, 0.717) is 30.0 Å². The Hall–Kier alpha value is -1.89. The van der Waals surface area contributed by atoms with Gasteiger partial charge in [-0.1, -0.05) is 19.3 Å². The molecule has 2 aliphatic rings. The monoisotopic (exact) mass is 319 g/mol. The number of primary amides is 1. The molecule has 7 nitrogen and oxygen atoms in total. The van der Waals surface area contributed by atoms with Gasteiger partial charge in [0.1, 0.15) is 5.82 Å². The van der Waals surface area contributed by atoms with Gasteiger partial charge in [0.05, 0.1) is 18.2 Å². The Bertz CT molecular complexity index is 539. The molecule has 1 amide bonds. The first-order valence-corrected chi connectivity index (χ1v) is 8.50. The predicted molar refractivity (Wildman–Crippen MR) is 88.5 cm³/mol. The van der Waals surface area contributed by atoms with E-state index >= 15 is 0 Å². The van der Waals surface area contributed by atoms with Gasteiger partial charge in [-0.15, -0.1) is 0 Å². The fourth-order valence-electron chi connectivity index (χ4n) is 3.22. The van der Waals surface area contributed by atoms with Crippen LogP contribution in [0.1, 0.15) is 55.3 Å². The molecule has 3 rings (SSSR count). The highest BCUT2D eigenvalue weighted by atomic mass is 16.5. The van der Waals surface area contributed by atoms with Crippen LogP contribution in [0.3, 0.4) is 0 Å². The second-order valence-corrected chi connectivity index (χ2v) is 6.36. The van der Waals surface area contributed by atoms with E-state index in [1.807, 2.05) is 0 Å². The molecule has 1 aliphatic heterocycles. The highest BCUT2D eigenvalue weighted by molar-refractivity contribution is 5.97. The average Bonchev–Trinajstić information content (AvgIpc) is 2.57. The van der Waals surface area contributed by atoms with Crippen molar-refractivity contribution in [2.45, 2.75) is 57.0 Å². The number of ether oxygens (including phenoxy) is 1. The molecule has 1 atom stereocenters. The number of rotatable bonds is 5. The topological polar surface area (TPSA) is 102 Å². The minimum atomic E-state index is -0.520. The fourth-order valence-corrected chi connectivity index (χ4v) is 3.22. The minimum absolute atomic E-state index is 0.152. The molecule has 1 aromatic heterocycles. The number of carbonyl (C=O) groups excluding carboxylic acids is 1.